The monoisotopic (exact) mass is 463 g/mol. The number of anilines is 1. The van der Waals surface area contributed by atoms with E-state index in [0.29, 0.717) is 40.1 Å². The number of carbonyl (C=O) groups is 1. The molecule has 0 saturated carbocycles. The Labute approximate surface area is 184 Å². The summed E-state index contributed by atoms with van der Waals surface area (Å²) in [6.45, 7) is 0. The van der Waals surface area contributed by atoms with Crippen LogP contribution in [0.4, 0.5) is 32.0 Å². The minimum absolute atomic E-state index is 0.137. The molecule has 33 heavy (non-hydrogen) atoms. The number of ketones is 1. The zero-order valence-corrected chi connectivity index (χ0v) is 16.6. The molecule has 0 radical (unpaired) electrons. The molecule has 170 valence electrons. The van der Waals surface area contributed by atoms with Crippen molar-refractivity contribution in [2.45, 2.75) is 18.0 Å². The SMILES string of the molecule is O=C1C(c2ccccc2)=C(Nc2ccc(C(O)(C(F)(F)F)C(F)(F)F)cc2)c2ccccc21. The van der Waals surface area contributed by atoms with Gasteiger partial charge in [0.05, 0.1) is 11.3 Å². The van der Waals surface area contributed by atoms with E-state index in [1.165, 1.54) is 0 Å². The number of alkyl halides is 6. The van der Waals surface area contributed by atoms with Crippen molar-refractivity contribution in [3.05, 3.63) is 101 Å². The molecule has 0 saturated heterocycles. The average Bonchev–Trinajstić information content (AvgIpc) is 3.04. The van der Waals surface area contributed by atoms with Crippen LogP contribution in [0.1, 0.15) is 27.0 Å². The molecule has 0 spiro atoms. The molecule has 0 heterocycles. The van der Waals surface area contributed by atoms with Gasteiger partial charge in [0.2, 0.25) is 0 Å². The lowest BCUT2D eigenvalue weighted by molar-refractivity contribution is -0.376. The lowest BCUT2D eigenvalue weighted by Gasteiger charge is -2.32. The number of allylic oxidation sites excluding steroid dienone is 1. The van der Waals surface area contributed by atoms with Gasteiger partial charge in [0, 0.05) is 22.4 Å². The Hall–Kier alpha value is -3.59. The van der Waals surface area contributed by atoms with Crippen molar-refractivity contribution in [3.63, 3.8) is 0 Å². The molecule has 0 bridgehead atoms. The van der Waals surface area contributed by atoms with Crippen LogP contribution >= 0.6 is 0 Å². The fourth-order valence-electron chi connectivity index (χ4n) is 3.72. The van der Waals surface area contributed by atoms with Gasteiger partial charge in [-0.2, -0.15) is 26.3 Å². The van der Waals surface area contributed by atoms with Crippen LogP contribution in [0, 0.1) is 0 Å². The molecule has 3 aromatic rings. The number of hydrogen-bond donors (Lipinski definition) is 2. The quantitative estimate of drug-likeness (QED) is 0.455. The van der Waals surface area contributed by atoms with Gasteiger partial charge in [0.15, 0.2) is 5.78 Å². The first-order valence-electron chi connectivity index (χ1n) is 9.62. The standard InChI is InChI=1S/C24H15F6NO2/c25-23(26,27)22(33,24(28,29)30)15-10-12-16(13-11-15)31-20-17-8-4-5-9-18(17)21(32)19(20)14-6-2-1-3-7-14/h1-13,31,33H. The second-order valence-corrected chi connectivity index (χ2v) is 7.40. The van der Waals surface area contributed by atoms with E-state index in [-0.39, 0.29) is 11.5 Å². The van der Waals surface area contributed by atoms with E-state index in [1.807, 2.05) is 0 Å². The van der Waals surface area contributed by atoms with Crippen molar-refractivity contribution in [2.75, 3.05) is 5.32 Å². The van der Waals surface area contributed by atoms with Crippen LogP contribution in [0.15, 0.2) is 78.9 Å². The largest absolute Gasteiger partial charge is 0.430 e. The van der Waals surface area contributed by atoms with Crippen LogP contribution in [-0.4, -0.2) is 23.2 Å². The number of nitrogens with one attached hydrogen (secondary N) is 1. The van der Waals surface area contributed by atoms with Crippen molar-refractivity contribution < 1.29 is 36.2 Å². The summed E-state index contributed by atoms with van der Waals surface area (Å²) in [4.78, 5) is 13.0. The maximum Gasteiger partial charge on any atom is 0.430 e. The van der Waals surface area contributed by atoms with Crippen molar-refractivity contribution in [1.82, 2.24) is 0 Å². The lowest BCUT2D eigenvalue weighted by Crippen LogP contribution is -2.53. The van der Waals surface area contributed by atoms with E-state index >= 15 is 0 Å². The van der Waals surface area contributed by atoms with E-state index in [9.17, 15) is 36.2 Å². The molecular formula is C24H15F6NO2. The minimum Gasteiger partial charge on any atom is -0.369 e. The Kier molecular flexibility index (Phi) is 5.32. The number of hydrogen-bond acceptors (Lipinski definition) is 3. The molecule has 9 heteroatoms. The molecule has 0 aliphatic heterocycles. The first-order valence-corrected chi connectivity index (χ1v) is 9.62. The van der Waals surface area contributed by atoms with Gasteiger partial charge in [-0.1, -0.05) is 66.7 Å². The van der Waals surface area contributed by atoms with Crippen molar-refractivity contribution in [1.29, 1.82) is 0 Å². The predicted octanol–water partition coefficient (Wildman–Crippen LogP) is 6.18. The summed E-state index contributed by atoms with van der Waals surface area (Å²) in [7, 11) is 0. The average molecular weight is 463 g/mol. The summed E-state index contributed by atoms with van der Waals surface area (Å²) in [5, 5.41) is 12.5. The number of rotatable bonds is 4. The van der Waals surface area contributed by atoms with Gasteiger partial charge in [-0.15, -0.1) is 0 Å². The highest BCUT2D eigenvalue weighted by molar-refractivity contribution is 6.40. The van der Waals surface area contributed by atoms with Crippen molar-refractivity contribution >= 4 is 22.7 Å². The van der Waals surface area contributed by atoms with Gasteiger partial charge in [-0.05, 0) is 17.7 Å². The van der Waals surface area contributed by atoms with Gasteiger partial charge in [0.1, 0.15) is 0 Å². The molecule has 2 N–H and O–H groups in total. The normalized spacial score (nSPS) is 14.5. The number of carbonyl (C=O) groups excluding carboxylic acids is 1. The van der Waals surface area contributed by atoms with Gasteiger partial charge in [-0.3, -0.25) is 4.79 Å². The molecular weight excluding hydrogens is 448 g/mol. The van der Waals surface area contributed by atoms with Crippen LogP contribution in [-0.2, 0) is 5.60 Å². The summed E-state index contributed by atoms with van der Waals surface area (Å²) in [6.07, 6.45) is -11.9. The van der Waals surface area contributed by atoms with Gasteiger partial charge < -0.3 is 10.4 Å². The summed E-state index contributed by atoms with van der Waals surface area (Å²) in [5.41, 5.74) is -3.98. The third kappa shape index (κ3) is 3.68. The Morgan fingerprint density at radius 2 is 1.18 bits per heavy atom. The molecule has 0 fully saturated rings. The Morgan fingerprint density at radius 3 is 1.73 bits per heavy atom. The van der Waals surface area contributed by atoms with Gasteiger partial charge in [-0.25, -0.2) is 0 Å². The third-order valence-electron chi connectivity index (χ3n) is 5.37. The minimum atomic E-state index is -5.97. The Bertz CT molecular complexity index is 1210. The van der Waals surface area contributed by atoms with Crippen LogP contribution in [0.25, 0.3) is 11.3 Å². The molecule has 3 nitrogen and oxygen atoms in total. The first-order chi connectivity index (χ1) is 15.4. The molecule has 3 aromatic carbocycles. The Morgan fingerprint density at radius 1 is 0.667 bits per heavy atom. The molecule has 4 rings (SSSR count). The van der Waals surface area contributed by atoms with Crippen LogP contribution < -0.4 is 5.32 Å². The molecule has 0 amide bonds. The van der Waals surface area contributed by atoms with E-state index in [1.54, 1.807) is 54.6 Å². The van der Waals surface area contributed by atoms with Crippen molar-refractivity contribution in [3.8, 4) is 0 Å². The fourth-order valence-corrected chi connectivity index (χ4v) is 3.72. The zero-order valence-electron chi connectivity index (χ0n) is 16.6. The van der Waals surface area contributed by atoms with Crippen LogP contribution in [0.5, 0.6) is 0 Å². The molecule has 1 aliphatic carbocycles. The molecule has 0 unspecified atom stereocenters. The number of aliphatic hydroxyl groups is 1. The topological polar surface area (TPSA) is 49.3 Å². The highest BCUT2D eigenvalue weighted by atomic mass is 19.4. The van der Waals surface area contributed by atoms with E-state index in [4.69, 9.17) is 0 Å². The lowest BCUT2D eigenvalue weighted by atomic mass is 9.92. The van der Waals surface area contributed by atoms with Gasteiger partial charge >= 0.3 is 12.4 Å². The smallest absolute Gasteiger partial charge is 0.369 e. The number of Topliss-reactive ketones (excluding diaryl/α,β-unsaturated/α-hetero) is 1. The second-order valence-electron chi connectivity index (χ2n) is 7.40. The summed E-state index contributed by atoms with van der Waals surface area (Å²) in [6, 6.07) is 18.5. The maximum absolute atomic E-state index is 13.1. The number of fused-ring (bicyclic) bond motifs is 1. The fraction of sp³-hybridized carbons (Fsp3) is 0.125. The van der Waals surface area contributed by atoms with E-state index < -0.39 is 23.5 Å². The maximum atomic E-state index is 13.1. The van der Waals surface area contributed by atoms with Crippen LogP contribution in [0.3, 0.4) is 0 Å². The number of benzene rings is 3. The molecule has 0 atom stereocenters. The first kappa shape index (κ1) is 22.6. The molecule has 0 aromatic heterocycles. The van der Waals surface area contributed by atoms with E-state index in [2.05, 4.69) is 5.32 Å². The highest BCUT2D eigenvalue weighted by Gasteiger charge is 2.71. The van der Waals surface area contributed by atoms with Crippen molar-refractivity contribution in [2.24, 2.45) is 0 Å². The molecule has 1 aliphatic rings. The number of halogens is 6. The summed E-state index contributed by atoms with van der Waals surface area (Å²) < 4.78 is 78.8. The van der Waals surface area contributed by atoms with E-state index in [0.717, 1.165) is 12.1 Å². The summed E-state index contributed by atoms with van der Waals surface area (Å²) >= 11 is 0. The summed E-state index contributed by atoms with van der Waals surface area (Å²) in [5.74, 6) is -0.264. The third-order valence-corrected chi connectivity index (χ3v) is 5.37. The van der Waals surface area contributed by atoms with Gasteiger partial charge in [0.25, 0.3) is 5.60 Å². The predicted molar refractivity (Wildman–Crippen MR) is 110 cm³/mol. The Balaban J connectivity index is 1.77. The highest BCUT2D eigenvalue weighted by Crippen LogP contribution is 2.50. The van der Waals surface area contributed by atoms with Crippen LogP contribution in [0.2, 0.25) is 0 Å². The second kappa shape index (κ2) is 7.77. The zero-order chi connectivity index (χ0) is 24.0.